The third kappa shape index (κ3) is 3.33. The molecule has 0 aromatic carbocycles. The van der Waals surface area contributed by atoms with Gasteiger partial charge in [0.25, 0.3) is 5.91 Å². The van der Waals surface area contributed by atoms with Crippen LogP contribution in [0.25, 0.3) is 0 Å². The number of thiazole rings is 1. The molecule has 1 aromatic heterocycles. The van der Waals surface area contributed by atoms with Crippen molar-refractivity contribution in [2.75, 3.05) is 26.2 Å². The van der Waals surface area contributed by atoms with Crippen molar-refractivity contribution in [2.24, 2.45) is 11.3 Å². The summed E-state index contributed by atoms with van der Waals surface area (Å²) in [6.07, 6.45) is 9.31. The molecule has 1 aliphatic carbocycles. The lowest BCUT2D eigenvalue weighted by Gasteiger charge is -2.41. The highest BCUT2D eigenvalue weighted by Gasteiger charge is 2.49. The molecule has 1 atom stereocenters. The number of aromatic nitrogens is 1. The second kappa shape index (κ2) is 7.06. The number of amides is 2. The summed E-state index contributed by atoms with van der Waals surface area (Å²) in [6.45, 7) is 3.08. The molecule has 0 N–H and O–H groups in total. The van der Waals surface area contributed by atoms with Crippen LogP contribution >= 0.6 is 11.3 Å². The van der Waals surface area contributed by atoms with Crippen LogP contribution in [-0.4, -0.2) is 52.8 Å². The highest BCUT2D eigenvalue weighted by molar-refractivity contribution is 7.07. The van der Waals surface area contributed by atoms with Crippen LogP contribution in [0.5, 0.6) is 0 Å². The maximum Gasteiger partial charge on any atom is 0.273 e. The van der Waals surface area contributed by atoms with E-state index in [4.69, 9.17) is 0 Å². The minimum absolute atomic E-state index is 0.0182. The molecule has 3 aliphatic rings. The van der Waals surface area contributed by atoms with Crippen LogP contribution < -0.4 is 0 Å². The number of carbonyl (C=O) groups excluding carboxylic acids is 2. The quantitative estimate of drug-likeness (QED) is 0.831. The number of piperidine rings is 1. The van der Waals surface area contributed by atoms with Gasteiger partial charge in [-0.15, -0.1) is 11.3 Å². The van der Waals surface area contributed by atoms with Crippen LogP contribution in [0, 0.1) is 11.3 Å². The summed E-state index contributed by atoms with van der Waals surface area (Å²) in [4.78, 5) is 33.9. The molecule has 3 heterocycles. The third-order valence-electron chi connectivity index (χ3n) is 6.32. The highest BCUT2D eigenvalue weighted by Crippen LogP contribution is 2.41. The van der Waals surface area contributed by atoms with E-state index in [2.05, 4.69) is 9.88 Å². The Morgan fingerprint density at radius 3 is 2.80 bits per heavy atom. The SMILES string of the molecule is O=C(c1cscn1)N1CC[C@@]2(CCCN(CC3CCCCC3)C2=O)C1. The zero-order chi connectivity index (χ0) is 17.3. The molecular weight excluding hydrogens is 334 g/mol. The fourth-order valence-electron chi connectivity index (χ4n) is 4.91. The molecule has 6 heteroatoms. The molecule has 0 bridgehead atoms. The van der Waals surface area contributed by atoms with Crippen LogP contribution in [0.3, 0.4) is 0 Å². The Labute approximate surface area is 153 Å². The fourth-order valence-corrected chi connectivity index (χ4v) is 5.44. The van der Waals surface area contributed by atoms with Crippen LogP contribution in [0.4, 0.5) is 0 Å². The Bertz CT molecular complexity index is 627. The molecule has 2 amide bonds. The number of rotatable bonds is 3. The average Bonchev–Trinajstić information content (AvgIpc) is 3.31. The second-order valence-corrected chi connectivity index (χ2v) is 8.71. The van der Waals surface area contributed by atoms with Gasteiger partial charge in [-0.3, -0.25) is 9.59 Å². The van der Waals surface area contributed by atoms with E-state index in [0.717, 1.165) is 32.4 Å². The number of hydrogen-bond acceptors (Lipinski definition) is 4. The van der Waals surface area contributed by atoms with Gasteiger partial charge < -0.3 is 9.80 Å². The van der Waals surface area contributed by atoms with E-state index >= 15 is 0 Å². The lowest BCUT2D eigenvalue weighted by atomic mass is 9.77. The van der Waals surface area contributed by atoms with Gasteiger partial charge in [0.05, 0.1) is 10.9 Å². The normalized spacial score (nSPS) is 28.1. The van der Waals surface area contributed by atoms with Crippen LogP contribution in [0.15, 0.2) is 10.9 Å². The first kappa shape index (κ1) is 17.0. The number of carbonyl (C=O) groups is 2. The average molecular weight is 362 g/mol. The van der Waals surface area contributed by atoms with Gasteiger partial charge in [0.15, 0.2) is 0 Å². The minimum Gasteiger partial charge on any atom is -0.342 e. The Hall–Kier alpha value is -1.43. The fraction of sp³-hybridized carbons (Fsp3) is 0.737. The first-order chi connectivity index (χ1) is 12.2. The zero-order valence-electron chi connectivity index (χ0n) is 14.8. The maximum absolute atomic E-state index is 13.3. The predicted octanol–water partition coefficient (Wildman–Crippen LogP) is 3.18. The van der Waals surface area contributed by atoms with E-state index < -0.39 is 0 Å². The number of hydrogen-bond donors (Lipinski definition) is 0. The molecule has 1 saturated carbocycles. The van der Waals surface area contributed by atoms with Gasteiger partial charge >= 0.3 is 0 Å². The van der Waals surface area contributed by atoms with E-state index in [1.54, 1.807) is 10.9 Å². The number of likely N-dealkylation sites (tertiary alicyclic amines) is 2. The van der Waals surface area contributed by atoms with Crippen molar-refractivity contribution in [1.29, 1.82) is 0 Å². The molecule has 136 valence electrons. The van der Waals surface area contributed by atoms with Gasteiger partial charge in [0.2, 0.25) is 5.91 Å². The van der Waals surface area contributed by atoms with Crippen molar-refractivity contribution >= 4 is 23.2 Å². The summed E-state index contributed by atoms with van der Waals surface area (Å²) in [5.41, 5.74) is 1.87. The molecular formula is C19H27N3O2S. The summed E-state index contributed by atoms with van der Waals surface area (Å²) in [6, 6.07) is 0. The van der Waals surface area contributed by atoms with Gasteiger partial charge in [-0.05, 0) is 38.0 Å². The first-order valence-corrected chi connectivity index (χ1v) is 10.6. The summed E-state index contributed by atoms with van der Waals surface area (Å²) < 4.78 is 0. The van der Waals surface area contributed by atoms with Crippen molar-refractivity contribution in [3.63, 3.8) is 0 Å². The molecule has 1 aromatic rings. The monoisotopic (exact) mass is 361 g/mol. The van der Waals surface area contributed by atoms with Gasteiger partial charge in [0, 0.05) is 31.6 Å². The Morgan fingerprint density at radius 2 is 2.04 bits per heavy atom. The van der Waals surface area contributed by atoms with Crippen molar-refractivity contribution < 1.29 is 9.59 Å². The Balaban J connectivity index is 1.42. The van der Waals surface area contributed by atoms with Crippen molar-refractivity contribution in [1.82, 2.24) is 14.8 Å². The standard InChI is InChI=1S/C19H27N3O2S/c23-17(16-12-25-14-20-16)22-10-8-19(13-22)7-4-9-21(18(19)24)11-15-5-2-1-3-6-15/h12,14-15H,1-11,13H2/t19-/m0/s1. The molecule has 5 nitrogen and oxygen atoms in total. The molecule has 4 rings (SSSR count). The van der Waals surface area contributed by atoms with Gasteiger partial charge in [-0.2, -0.15) is 0 Å². The molecule has 25 heavy (non-hydrogen) atoms. The molecule has 3 fully saturated rings. The third-order valence-corrected chi connectivity index (χ3v) is 6.91. The summed E-state index contributed by atoms with van der Waals surface area (Å²) in [7, 11) is 0. The molecule has 0 radical (unpaired) electrons. The van der Waals surface area contributed by atoms with Crippen molar-refractivity contribution in [3.8, 4) is 0 Å². The predicted molar refractivity (Wildman–Crippen MR) is 97.5 cm³/mol. The summed E-state index contributed by atoms with van der Waals surface area (Å²) in [5, 5.41) is 1.80. The molecule has 1 spiro atoms. The smallest absolute Gasteiger partial charge is 0.273 e. The van der Waals surface area contributed by atoms with E-state index in [1.165, 1.54) is 43.4 Å². The van der Waals surface area contributed by atoms with Crippen molar-refractivity contribution in [2.45, 2.75) is 51.4 Å². The van der Waals surface area contributed by atoms with E-state index in [9.17, 15) is 9.59 Å². The van der Waals surface area contributed by atoms with E-state index in [1.807, 2.05) is 4.90 Å². The minimum atomic E-state index is -0.335. The lowest BCUT2D eigenvalue weighted by molar-refractivity contribution is -0.146. The zero-order valence-corrected chi connectivity index (χ0v) is 15.6. The topological polar surface area (TPSA) is 53.5 Å². The Morgan fingerprint density at radius 1 is 1.20 bits per heavy atom. The van der Waals surface area contributed by atoms with Gasteiger partial charge in [-0.25, -0.2) is 4.98 Å². The van der Waals surface area contributed by atoms with Crippen LogP contribution in [0.1, 0.15) is 61.9 Å². The highest BCUT2D eigenvalue weighted by atomic mass is 32.1. The maximum atomic E-state index is 13.3. The largest absolute Gasteiger partial charge is 0.342 e. The second-order valence-electron chi connectivity index (χ2n) is 7.99. The molecule has 2 aliphatic heterocycles. The number of nitrogens with zero attached hydrogens (tertiary/aromatic N) is 3. The lowest BCUT2D eigenvalue weighted by Crippen LogP contribution is -2.51. The van der Waals surface area contributed by atoms with Crippen molar-refractivity contribution in [3.05, 3.63) is 16.6 Å². The van der Waals surface area contributed by atoms with Crippen LogP contribution in [-0.2, 0) is 4.79 Å². The first-order valence-electron chi connectivity index (χ1n) is 9.65. The van der Waals surface area contributed by atoms with E-state index in [0.29, 0.717) is 30.6 Å². The van der Waals surface area contributed by atoms with E-state index in [-0.39, 0.29) is 11.3 Å². The summed E-state index contributed by atoms with van der Waals surface area (Å²) >= 11 is 1.44. The molecule has 0 unspecified atom stereocenters. The van der Waals surface area contributed by atoms with Crippen LogP contribution in [0.2, 0.25) is 0 Å². The molecule has 2 saturated heterocycles. The Kier molecular flexibility index (Phi) is 4.80. The van der Waals surface area contributed by atoms with Gasteiger partial charge in [-0.1, -0.05) is 19.3 Å². The van der Waals surface area contributed by atoms with Gasteiger partial charge in [0.1, 0.15) is 5.69 Å². The summed E-state index contributed by atoms with van der Waals surface area (Å²) in [5.74, 6) is 0.968.